The number of pyridine rings is 2. The molecular weight excluding hydrogens is 443 g/mol. The van der Waals surface area contributed by atoms with E-state index in [2.05, 4.69) is 98.3 Å². The first-order chi connectivity index (χ1) is 17.3. The fourth-order valence-corrected chi connectivity index (χ4v) is 7.35. The Morgan fingerprint density at radius 3 is 2.72 bits per heavy atom. The molecule has 7 rings (SSSR count). The van der Waals surface area contributed by atoms with Gasteiger partial charge in [0.2, 0.25) is 11.4 Å². The molecule has 2 aliphatic carbocycles. The first-order valence-electron chi connectivity index (χ1n) is 12.9. The Morgan fingerprint density at radius 1 is 1.08 bits per heavy atom. The second kappa shape index (κ2) is 7.22. The molecule has 0 saturated carbocycles. The van der Waals surface area contributed by atoms with Crippen molar-refractivity contribution < 1.29 is 13.5 Å². The Bertz CT molecular complexity index is 1670. The molecule has 0 saturated heterocycles. The summed E-state index contributed by atoms with van der Waals surface area (Å²) in [6, 6.07) is 17.2. The molecule has 4 aromatic rings. The van der Waals surface area contributed by atoms with Crippen molar-refractivity contribution in [3.05, 3.63) is 112 Å². The molecule has 178 valence electrons. The Hall–Kier alpha value is -3.59. The van der Waals surface area contributed by atoms with Crippen molar-refractivity contribution in [1.82, 2.24) is 0 Å². The molecule has 2 unspecified atom stereocenters. The van der Waals surface area contributed by atoms with Crippen molar-refractivity contribution in [2.45, 2.75) is 58.0 Å². The third-order valence-corrected chi connectivity index (χ3v) is 9.02. The summed E-state index contributed by atoms with van der Waals surface area (Å²) in [5.41, 5.74) is 10.5. The van der Waals surface area contributed by atoms with Gasteiger partial charge in [-0.05, 0) is 42.0 Å². The van der Waals surface area contributed by atoms with Gasteiger partial charge < -0.3 is 0 Å². The molecule has 3 heteroatoms. The van der Waals surface area contributed by atoms with Crippen LogP contribution in [0, 0.1) is 12.7 Å². The number of hydrogen-bond donors (Lipinski definition) is 0. The quantitative estimate of drug-likeness (QED) is 0.226. The number of nitrogens with zero attached hydrogens (tertiary/aromatic N) is 2. The predicted molar refractivity (Wildman–Crippen MR) is 142 cm³/mol. The minimum Gasteiger partial charge on any atom is -0.207 e. The van der Waals surface area contributed by atoms with Crippen LogP contribution in [-0.2, 0) is 12.0 Å². The van der Waals surface area contributed by atoms with E-state index >= 15 is 4.39 Å². The van der Waals surface area contributed by atoms with E-state index in [0.717, 1.165) is 29.8 Å². The van der Waals surface area contributed by atoms with Crippen LogP contribution in [0.15, 0.2) is 78.6 Å². The van der Waals surface area contributed by atoms with Crippen molar-refractivity contribution in [3.63, 3.8) is 0 Å². The summed E-state index contributed by atoms with van der Waals surface area (Å²) in [5, 5.41) is 2.52. The summed E-state index contributed by atoms with van der Waals surface area (Å²) in [6.07, 6.45) is 7.37. The lowest BCUT2D eigenvalue weighted by Gasteiger charge is -2.38. The summed E-state index contributed by atoms with van der Waals surface area (Å²) in [6.45, 7) is 13.7. The second-order valence-corrected chi connectivity index (χ2v) is 11.4. The van der Waals surface area contributed by atoms with Crippen LogP contribution in [0.25, 0.3) is 28.1 Å². The Balaban J connectivity index is 1.50. The monoisotopic (exact) mass is 474 g/mol. The molecule has 0 fully saturated rings. The molecule has 1 aliphatic heterocycles. The van der Waals surface area contributed by atoms with Gasteiger partial charge in [-0.25, -0.2) is 4.39 Å². The van der Waals surface area contributed by atoms with Crippen LogP contribution in [0.1, 0.15) is 67.1 Å². The molecule has 2 aromatic carbocycles. The largest absolute Gasteiger partial charge is 0.221 e. The maximum atomic E-state index is 15.7. The van der Waals surface area contributed by atoms with E-state index in [9.17, 15) is 0 Å². The van der Waals surface area contributed by atoms with E-state index in [0.29, 0.717) is 6.04 Å². The summed E-state index contributed by atoms with van der Waals surface area (Å²) < 4.78 is 20.5. The molecule has 36 heavy (non-hydrogen) atoms. The molecule has 3 aliphatic rings. The summed E-state index contributed by atoms with van der Waals surface area (Å²) >= 11 is 0. The van der Waals surface area contributed by atoms with Gasteiger partial charge in [-0.2, -0.15) is 9.13 Å². The van der Waals surface area contributed by atoms with Gasteiger partial charge in [0.1, 0.15) is 5.82 Å². The first-order valence-corrected chi connectivity index (χ1v) is 12.9. The van der Waals surface area contributed by atoms with Gasteiger partial charge in [-0.1, -0.05) is 50.3 Å². The molecule has 0 radical (unpaired) electrons. The van der Waals surface area contributed by atoms with Crippen molar-refractivity contribution >= 4 is 16.8 Å². The van der Waals surface area contributed by atoms with E-state index in [1.807, 2.05) is 6.08 Å². The van der Waals surface area contributed by atoms with Crippen LogP contribution in [0.3, 0.4) is 0 Å². The molecule has 3 heterocycles. The second-order valence-electron chi connectivity index (χ2n) is 11.4. The average Bonchev–Trinajstić information content (AvgIpc) is 3.19. The highest BCUT2D eigenvalue weighted by atomic mass is 19.1. The lowest BCUT2D eigenvalue weighted by Crippen LogP contribution is -2.49. The standard InChI is InChI=1S/C33H31FN2/c1-6-22-16-19(2)12-14-35(22)18-24-20(3)17-27-29(24)23-10-11-26(34)31-30(23)32-28-21(13-15-36(27)32)8-7-9-25(28)33(31,4)5/h6-16,27,29H,1,17-18H2,2-5H3/q+2. The van der Waals surface area contributed by atoms with Crippen molar-refractivity contribution in [2.75, 3.05) is 0 Å². The molecule has 2 atom stereocenters. The fourth-order valence-electron chi connectivity index (χ4n) is 7.35. The molecule has 0 amide bonds. The summed E-state index contributed by atoms with van der Waals surface area (Å²) in [7, 11) is 0. The number of aryl methyl sites for hydroxylation is 1. The Morgan fingerprint density at radius 2 is 1.92 bits per heavy atom. The zero-order chi connectivity index (χ0) is 24.9. The highest BCUT2D eigenvalue weighted by Gasteiger charge is 2.52. The number of aromatic nitrogens is 2. The number of fused-ring (bicyclic) bond motifs is 3. The number of allylic oxidation sites excluding steroid dienone is 2. The zero-order valence-electron chi connectivity index (χ0n) is 21.4. The summed E-state index contributed by atoms with van der Waals surface area (Å²) in [5.74, 6) is 0.124. The van der Waals surface area contributed by atoms with Crippen molar-refractivity contribution in [1.29, 1.82) is 0 Å². The minimum atomic E-state index is -0.410. The van der Waals surface area contributed by atoms with Crippen LogP contribution in [0.2, 0.25) is 0 Å². The van der Waals surface area contributed by atoms with Crippen LogP contribution >= 0.6 is 0 Å². The highest BCUT2D eigenvalue weighted by molar-refractivity contribution is 6.01. The average molecular weight is 475 g/mol. The van der Waals surface area contributed by atoms with Gasteiger partial charge in [0.25, 0.3) is 0 Å². The third-order valence-electron chi connectivity index (χ3n) is 9.02. The van der Waals surface area contributed by atoms with Gasteiger partial charge in [-0.15, -0.1) is 0 Å². The van der Waals surface area contributed by atoms with E-state index in [1.165, 1.54) is 44.3 Å². The maximum Gasteiger partial charge on any atom is 0.221 e. The summed E-state index contributed by atoms with van der Waals surface area (Å²) in [4.78, 5) is 0. The van der Waals surface area contributed by atoms with E-state index in [-0.39, 0.29) is 11.7 Å². The highest BCUT2D eigenvalue weighted by Crippen LogP contribution is 2.57. The normalized spacial score (nSPS) is 20.6. The van der Waals surface area contributed by atoms with Gasteiger partial charge in [0.05, 0.1) is 16.9 Å². The smallest absolute Gasteiger partial charge is 0.207 e. The topological polar surface area (TPSA) is 7.76 Å². The molecule has 0 N–H and O–H groups in total. The van der Waals surface area contributed by atoms with Gasteiger partial charge >= 0.3 is 0 Å². The lowest BCUT2D eigenvalue weighted by molar-refractivity contribution is -0.716. The maximum absolute atomic E-state index is 15.7. The lowest BCUT2D eigenvalue weighted by atomic mass is 9.65. The predicted octanol–water partition coefficient (Wildman–Crippen LogP) is 6.87. The van der Waals surface area contributed by atoms with Crippen LogP contribution in [0.4, 0.5) is 4.39 Å². The van der Waals surface area contributed by atoms with Gasteiger partial charge in [0, 0.05) is 47.2 Å². The van der Waals surface area contributed by atoms with Gasteiger partial charge in [-0.3, -0.25) is 0 Å². The zero-order valence-corrected chi connectivity index (χ0v) is 21.4. The molecule has 2 aromatic heterocycles. The SMILES string of the molecule is C=Cc1cc(C)cc[n+]1CC1=C(C)CC2C1c1ccc(F)c3c1-c1c4c(cccc4cc[n+]12)C3(C)C. The van der Waals surface area contributed by atoms with Crippen molar-refractivity contribution in [2.24, 2.45) is 0 Å². The Labute approximate surface area is 212 Å². The van der Waals surface area contributed by atoms with Gasteiger partial charge in [0.15, 0.2) is 25.0 Å². The molecule has 0 spiro atoms. The van der Waals surface area contributed by atoms with E-state index < -0.39 is 5.41 Å². The Kier molecular flexibility index (Phi) is 4.35. The number of benzene rings is 2. The molecule has 2 nitrogen and oxygen atoms in total. The first kappa shape index (κ1) is 21.7. The molecule has 0 bridgehead atoms. The number of rotatable bonds is 3. The van der Waals surface area contributed by atoms with Crippen LogP contribution < -0.4 is 9.13 Å². The minimum absolute atomic E-state index is 0.0997. The number of hydrogen-bond acceptors (Lipinski definition) is 0. The third kappa shape index (κ3) is 2.66. The van der Waals surface area contributed by atoms with Crippen molar-refractivity contribution in [3.8, 4) is 11.3 Å². The molecular formula is C33H31FN2+2. The fraction of sp³-hybridized carbons (Fsp3) is 0.273. The number of halogens is 1. The van der Waals surface area contributed by atoms with Crippen LogP contribution in [0.5, 0.6) is 0 Å². The van der Waals surface area contributed by atoms with Crippen LogP contribution in [-0.4, -0.2) is 0 Å². The van der Waals surface area contributed by atoms with E-state index in [1.54, 1.807) is 6.07 Å². The van der Waals surface area contributed by atoms with E-state index in [4.69, 9.17) is 0 Å².